The highest BCUT2D eigenvalue weighted by atomic mass is 16.5. The van der Waals surface area contributed by atoms with Crippen LogP contribution in [0.1, 0.15) is 44.7 Å². The van der Waals surface area contributed by atoms with Gasteiger partial charge < -0.3 is 9.64 Å². The van der Waals surface area contributed by atoms with E-state index in [1.54, 1.807) is 0 Å². The van der Waals surface area contributed by atoms with Gasteiger partial charge >= 0.3 is 0 Å². The van der Waals surface area contributed by atoms with Crippen molar-refractivity contribution < 1.29 is 4.74 Å². The lowest BCUT2D eigenvalue weighted by molar-refractivity contribution is 0.112. The Morgan fingerprint density at radius 1 is 1.14 bits per heavy atom. The molecule has 4 nitrogen and oxygen atoms in total. The summed E-state index contributed by atoms with van der Waals surface area (Å²) < 4.78 is 5.40. The van der Waals surface area contributed by atoms with E-state index in [0.717, 1.165) is 32.1 Å². The molecule has 3 rings (SSSR count). The van der Waals surface area contributed by atoms with Gasteiger partial charge in [0.05, 0.1) is 13.2 Å². The third kappa shape index (κ3) is 3.38. The lowest BCUT2D eigenvalue weighted by atomic mass is 9.95. The van der Waals surface area contributed by atoms with Crippen LogP contribution in [-0.2, 0) is 4.74 Å². The SMILES string of the molecule is CC(C)N1CCCC[C@H]1c1ccc(N2CCOCC2)nc1. The van der Waals surface area contributed by atoms with Gasteiger partial charge in [0.15, 0.2) is 0 Å². The molecule has 0 spiro atoms. The van der Waals surface area contributed by atoms with Gasteiger partial charge in [-0.1, -0.05) is 12.5 Å². The van der Waals surface area contributed by atoms with E-state index >= 15 is 0 Å². The summed E-state index contributed by atoms with van der Waals surface area (Å²) in [6.07, 6.45) is 6.01. The summed E-state index contributed by atoms with van der Waals surface area (Å²) in [7, 11) is 0. The molecule has 0 aliphatic carbocycles. The molecule has 21 heavy (non-hydrogen) atoms. The molecule has 0 radical (unpaired) electrons. The van der Waals surface area contributed by atoms with Gasteiger partial charge in [0, 0.05) is 31.4 Å². The first-order valence-corrected chi connectivity index (χ1v) is 8.30. The molecule has 0 amide bonds. The average Bonchev–Trinajstić information content (AvgIpc) is 2.56. The van der Waals surface area contributed by atoms with Gasteiger partial charge in [-0.3, -0.25) is 4.90 Å². The van der Waals surface area contributed by atoms with Crippen molar-refractivity contribution in [1.82, 2.24) is 9.88 Å². The van der Waals surface area contributed by atoms with Crippen molar-refractivity contribution in [1.29, 1.82) is 0 Å². The number of aromatic nitrogens is 1. The molecule has 2 aliphatic rings. The van der Waals surface area contributed by atoms with Crippen LogP contribution in [0.3, 0.4) is 0 Å². The first kappa shape index (κ1) is 14.8. The van der Waals surface area contributed by atoms with Crippen LogP contribution in [-0.4, -0.2) is 48.8 Å². The second kappa shape index (κ2) is 6.75. The highest BCUT2D eigenvalue weighted by Gasteiger charge is 2.26. The third-order valence-corrected chi connectivity index (χ3v) is 4.70. The van der Waals surface area contributed by atoms with Crippen LogP contribution in [0, 0.1) is 0 Å². The van der Waals surface area contributed by atoms with Gasteiger partial charge in [-0.05, 0) is 44.9 Å². The largest absolute Gasteiger partial charge is 0.378 e. The summed E-state index contributed by atoms with van der Waals surface area (Å²) in [4.78, 5) is 9.65. The molecule has 1 aromatic rings. The van der Waals surface area contributed by atoms with Crippen LogP contribution in [0.25, 0.3) is 0 Å². The van der Waals surface area contributed by atoms with Gasteiger partial charge in [-0.25, -0.2) is 4.98 Å². The molecule has 2 fully saturated rings. The number of piperidine rings is 1. The molecule has 1 aromatic heterocycles. The predicted octanol–water partition coefficient (Wildman–Crippen LogP) is 2.85. The lowest BCUT2D eigenvalue weighted by Crippen LogP contribution is -2.39. The van der Waals surface area contributed by atoms with E-state index in [1.807, 2.05) is 0 Å². The number of ether oxygens (including phenoxy) is 1. The molecule has 2 saturated heterocycles. The Bertz CT molecular complexity index is 440. The molecule has 2 aliphatic heterocycles. The number of rotatable bonds is 3. The van der Waals surface area contributed by atoms with Gasteiger partial charge in [-0.2, -0.15) is 0 Å². The Kier molecular flexibility index (Phi) is 4.76. The maximum absolute atomic E-state index is 5.40. The zero-order chi connectivity index (χ0) is 14.7. The number of pyridine rings is 1. The van der Waals surface area contributed by atoms with Gasteiger partial charge in [0.1, 0.15) is 5.82 Å². The van der Waals surface area contributed by atoms with E-state index in [2.05, 4.69) is 42.0 Å². The van der Waals surface area contributed by atoms with Crippen LogP contribution in [0.15, 0.2) is 18.3 Å². The first-order chi connectivity index (χ1) is 10.3. The summed E-state index contributed by atoms with van der Waals surface area (Å²) >= 11 is 0. The van der Waals surface area contributed by atoms with Crippen molar-refractivity contribution in [3.63, 3.8) is 0 Å². The highest BCUT2D eigenvalue weighted by molar-refractivity contribution is 5.40. The van der Waals surface area contributed by atoms with Crippen molar-refractivity contribution in [2.24, 2.45) is 0 Å². The molecular weight excluding hydrogens is 262 g/mol. The molecule has 0 aromatic carbocycles. The summed E-state index contributed by atoms with van der Waals surface area (Å²) in [6, 6.07) is 5.62. The molecule has 4 heteroatoms. The van der Waals surface area contributed by atoms with Crippen molar-refractivity contribution in [2.45, 2.75) is 45.2 Å². The van der Waals surface area contributed by atoms with Crippen molar-refractivity contribution in [3.8, 4) is 0 Å². The Balaban J connectivity index is 1.73. The number of nitrogens with zero attached hydrogens (tertiary/aromatic N) is 3. The number of morpholine rings is 1. The van der Waals surface area contributed by atoms with Crippen LogP contribution < -0.4 is 4.90 Å². The second-order valence-corrected chi connectivity index (χ2v) is 6.39. The molecule has 3 heterocycles. The molecular formula is C17H27N3O. The topological polar surface area (TPSA) is 28.6 Å². The minimum Gasteiger partial charge on any atom is -0.378 e. The fraction of sp³-hybridized carbons (Fsp3) is 0.706. The summed E-state index contributed by atoms with van der Waals surface area (Å²) in [5.74, 6) is 1.09. The van der Waals surface area contributed by atoms with E-state index in [0.29, 0.717) is 12.1 Å². The van der Waals surface area contributed by atoms with E-state index < -0.39 is 0 Å². The summed E-state index contributed by atoms with van der Waals surface area (Å²) in [6.45, 7) is 9.34. The standard InChI is InChI=1S/C17H27N3O/c1-14(2)20-8-4-3-5-16(20)15-6-7-17(18-13-15)19-9-11-21-12-10-19/h6-7,13-14,16H,3-5,8-12H2,1-2H3/t16-/m0/s1. The smallest absolute Gasteiger partial charge is 0.128 e. The molecule has 0 bridgehead atoms. The Morgan fingerprint density at radius 3 is 2.62 bits per heavy atom. The Hall–Kier alpha value is -1.13. The molecule has 0 N–H and O–H groups in total. The Labute approximate surface area is 128 Å². The monoisotopic (exact) mass is 289 g/mol. The van der Waals surface area contributed by atoms with Crippen LogP contribution in [0.5, 0.6) is 0 Å². The number of hydrogen-bond donors (Lipinski definition) is 0. The highest BCUT2D eigenvalue weighted by Crippen LogP contribution is 2.32. The molecule has 1 atom stereocenters. The fourth-order valence-electron chi connectivity index (χ4n) is 3.50. The molecule has 0 unspecified atom stereocenters. The minimum absolute atomic E-state index is 0.546. The van der Waals surface area contributed by atoms with Crippen molar-refractivity contribution >= 4 is 5.82 Å². The lowest BCUT2D eigenvalue weighted by Gasteiger charge is -2.39. The maximum atomic E-state index is 5.40. The van der Waals surface area contributed by atoms with Gasteiger partial charge in [0.2, 0.25) is 0 Å². The first-order valence-electron chi connectivity index (χ1n) is 8.30. The number of likely N-dealkylation sites (tertiary alicyclic amines) is 1. The van der Waals surface area contributed by atoms with Gasteiger partial charge in [-0.15, -0.1) is 0 Å². The van der Waals surface area contributed by atoms with E-state index in [1.165, 1.54) is 31.4 Å². The second-order valence-electron chi connectivity index (χ2n) is 6.39. The molecule has 0 saturated carbocycles. The zero-order valence-corrected chi connectivity index (χ0v) is 13.3. The van der Waals surface area contributed by atoms with Crippen LogP contribution in [0.4, 0.5) is 5.82 Å². The Morgan fingerprint density at radius 2 is 1.95 bits per heavy atom. The predicted molar refractivity (Wildman–Crippen MR) is 85.7 cm³/mol. The number of anilines is 1. The third-order valence-electron chi connectivity index (χ3n) is 4.70. The minimum atomic E-state index is 0.546. The summed E-state index contributed by atoms with van der Waals surface area (Å²) in [5, 5.41) is 0. The molecule has 116 valence electrons. The van der Waals surface area contributed by atoms with E-state index in [9.17, 15) is 0 Å². The number of hydrogen-bond acceptors (Lipinski definition) is 4. The quantitative estimate of drug-likeness (QED) is 0.855. The average molecular weight is 289 g/mol. The zero-order valence-electron chi connectivity index (χ0n) is 13.3. The fourth-order valence-corrected chi connectivity index (χ4v) is 3.50. The van der Waals surface area contributed by atoms with E-state index in [4.69, 9.17) is 9.72 Å². The summed E-state index contributed by atoms with van der Waals surface area (Å²) in [5.41, 5.74) is 1.38. The van der Waals surface area contributed by atoms with Crippen LogP contribution in [0.2, 0.25) is 0 Å². The van der Waals surface area contributed by atoms with Crippen LogP contribution >= 0.6 is 0 Å². The van der Waals surface area contributed by atoms with Crippen molar-refractivity contribution in [3.05, 3.63) is 23.9 Å². The normalized spacial score (nSPS) is 24.5. The maximum Gasteiger partial charge on any atom is 0.128 e. The van der Waals surface area contributed by atoms with Gasteiger partial charge in [0.25, 0.3) is 0 Å². The van der Waals surface area contributed by atoms with Crippen molar-refractivity contribution in [2.75, 3.05) is 37.7 Å². The van der Waals surface area contributed by atoms with E-state index in [-0.39, 0.29) is 0 Å².